The van der Waals surface area contributed by atoms with Crippen molar-refractivity contribution in [3.05, 3.63) is 70.6 Å². The number of nitrogens with zero attached hydrogens (tertiary/aromatic N) is 1. The number of likely N-dealkylation sites (N-methyl/N-ethyl adjacent to an activating group) is 1. The molecule has 0 aliphatic carbocycles. The predicted octanol–water partition coefficient (Wildman–Crippen LogP) is 3.80. The van der Waals surface area contributed by atoms with Gasteiger partial charge in [0, 0.05) is 42.3 Å². The van der Waals surface area contributed by atoms with E-state index in [-0.39, 0.29) is 6.03 Å². The van der Waals surface area contributed by atoms with Gasteiger partial charge >= 0.3 is 6.03 Å². The standard InChI is InChI=1S/C22H25N3OS/c1-25(11-10-20-13-17-7-4-5-9-21(17)27-20)22(26)24-15-19-12-16-6-2-3-8-18(16)14-23-19/h2-9,13,19,23H,10-12,14-15H2,1H3,(H,24,26)/t19-/m0/s1. The minimum atomic E-state index is -0.00299. The maximum absolute atomic E-state index is 12.4. The van der Waals surface area contributed by atoms with Gasteiger partial charge in [0.2, 0.25) is 0 Å². The molecule has 4 rings (SSSR count). The second-order valence-corrected chi connectivity index (χ2v) is 8.33. The Bertz CT molecular complexity index is 903. The van der Waals surface area contributed by atoms with Gasteiger partial charge in [-0.1, -0.05) is 42.5 Å². The van der Waals surface area contributed by atoms with Crippen molar-refractivity contribution < 1.29 is 4.79 Å². The molecule has 2 aromatic carbocycles. The number of thiophene rings is 1. The van der Waals surface area contributed by atoms with E-state index in [0.29, 0.717) is 12.6 Å². The quantitative estimate of drug-likeness (QED) is 0.708. The topological polar surface area (TPSA) is 44.4 Å². The molecular weight excluding hydrogens is 354 g/mol. The number of urea groups is 1. The number of rotatable bonds is 5. The molecule has 1 aromatic heterocycles. The molecule has 1 aliphatic rings. The largest absolute Gasteiger partial charge is 0.336 e. The van der Waals surface area contributed by atoms with Crippen LogP contribution in [0, 0.1) is 0 Å². The Morgan fingerprint density at radius 3 is 2.81 bits per heavy atom. The van der Waals surface area contributed by atoms with Crippen molar-refractivity contribution in [3.63, 3.8) is 0 Å². The third-order valence-corrected chi connectivity index (χ3v) is 6.36. The molecule has 4 nitrogen and oxygen atoms in total. The van der Waals surface area contributed by atoms with Crippen LogP contribution < -0.4 is 10.6 Å². The lowest BCUT2D eigenvalue weighted by atomic mass is 9.96. The van der Waals surface area contributed by atoms with Crippen LogP contribution in [0.2, 0.25) is 0 Å². The Kier molecular flexibility index (Phi) is 5.41. The fourth-order valence-electron chi connectivity index (χ4n) is 3.55. The first-order valence-corrected chi connectivity index (χ1v) is 10.3. The van der Waals surface area contributed by atoms with Crippen molar-refractivity contribution in [2.75, 3.05) is 20.1 Å². The number of carbonyl (C=O) groups excluding carboxylic acids is 1. The molecular formula is C22H25N3OS. The van der Waals surface area contributed by atoms with Crippen molar-refractivity contribution >= 4 is 27.5 Å². The molecule has 0 spiro atoms. The number of fused-ring (bicyclic) bond motifs is 2. The van der Waals surface area contributed by atoms with Gasteiger partial charge in [-0.15, -0.1) is 11.3 Å². The molecule has 1 atom stereocenters. The maximum Gasteiger partial charge on any atom is 0.317 e. The fourth-order valence-corrected chi connectivity index (χ4v) is 4.60. The number of carbonyl (C=O) groups is 1. The van der Waals surface area contributed by atoms with E-state index in [9.17, 15) is 4.79 Å². The molecule has 0 bridgehead atoms. The Hall–Kier alpha value is -2.37. The van der Waals surface area contributed by atoms with Crippen molar-refractivity contribution in [2.45, 2.75) is 25.4 Å². The number of nitrogens with one attached hydrogen (secondary N) is 2. The van der Waals surface area contributed by atoms with Crippen LogP contribution in [0.3, 0.4) is 0 Å². The van der Waals surface area contributed by atoms with E-state index < -0.39 is 0 Å². The van der Waals surface area contributed by atoms with E-state index in [1.54, 1.807) is 4.90 Å². The average Bonchev–Trinajstić information content (AvgIpc) is 3.13. The Labute approximate surface area is 164 Å². The zero-order valence-electron chi connectivity index (χ0n) is 15.6. The fraction of sp³-hybridized carbons (Fsp3) is 0.318. The minimum Gasteiger partial charge on any atom is -0.336 e. The van der Waals surface area contributed by atoms with Gasteiger partial charge in [-0.05, 0) is 41.5 Å². The van der Waals surface area contributed by atoms with Gasteiger partial charge in [0.15, 0.2) is 0 Å². The molecule has 0 radical (unpaired) electrons. The van der Waals surface area contributed by atoms with E-state index in [4.69, 9.17) is 0 Å². The lowest BCUT2D eigenvalue weighted by Crippen LogP contribution is -2.47. The average molecular weight is 380 g/mol. The molecule has 1 aliphatic heterocycles. The van der Waals surface area contributed by atoms with Crippen LogP contribution in [-0.4, -0.2) is 37.1 Å². The molecule has 3 aromatic rings. The van der Waals surface area contributed by atoms with Crippen LogP contribution >= 0.6 is 11.3 Å². The smallest absolute Gasteiger partial charge is 0.317 e. The van der Waals surface area contributed by atoms with E-state index >= 15 is 0 Å². The number of benzene rings is 2. The summed E-state index contributed by atoms with van der Waals surface area (Å²) in [6, 6.07) is 19.5. The van der Waals surface area contributed by atoms with E-state index in [2.05, 4.69) is 65.2 Å². The van der Waals surface area contributed by atoms with Crippen LogP contribution in [-0.2, 0) is 19.4 Å². The monoisotopic (exact) mass is 379 g/mol. The van der Waals surface area contributed by atoms with Gasteiger partial charge in [0.25, 0.3) is 0 Å². The molecule has 0 fully saturated rings. The second kappa shape index (κ2) is 8.11. The molecule has 140 valence electrons. The second-order valence-electron chi connectivity index (χ2n) is 7.16. The summed E-state index contributed by atoms with van der Waals surface area (Å²) in [6.07, 6.45) is 1.85. The number of hydrogen-bond donors (Lipinski definition) is 2. The van der Waals surface area contributed by atoms with Crippen molar-refractivity contribution in [3.8, 4) is 0 Å². The van der Waals surface area contributed by atoms with Crippen LogP contribution in [0.25, 0.3) is 10.1 Å². The van der Waals surface area contributed by atoms with Gasteiger partial charge in [-0.2, -0.15) is 0 Å². The zero-order chi connectivity index (χ0) is 18.6. The molecule has 27 heavy (non-hydrogen) atoms. The van der Waals surface area contributed by atoms with Crippen LogP contribution in [0.5, 0.6) is 0 Å². The van der Waals surface area contributed by atoms with Gasteiger partial charge in [-0.3, -0.25) is 0 Å². The number of amides is 2. The summed E-state index contributed by atoms with van der Waals surface area (Å²) in [5.74, 6) is 0. The highest BCUT2D eigenvalue weighted by molar-refractivity contribution is 7.19. The third-order valence-electron chi connectivity index (χ3n) is 5.18. The summed E-state index contributed by atoms with van der Waals surface area (Å²) in [7, 11) is 1.87. The van der Waals surface area contributed by atoms with Crippen LogP contribution in [0.15, 0.2) is 54.6 Å². The minimum absolute atomic E-state index is 0.00299. The molecule has 0 saturated heterocycles. The SMILES string of the molecule is CN(CCc1cc2ccccc2s1)C(=O)NC[C@@H]1Cc2ccccc2CN1. The summed E-state index contributed by atoms with van der Waals surface area (Å²) in [5.41, 5.74) is 2.74. The lowest BCUT2D eigenvalue weighted by Gasteiger charge is -2.27. The highest BCUT2D eigenvalue weighted by Gasteiger charge is 2.18. The summed E-state index contributed by atoms with van der Waals surface area (Å²) in [5, 5.41) is 7.87. The number of hydrogen-bond acceptors (Lipinski definition) is 3. The molecule has 0 saturated carbocycles. The van der Waals surface area contributed by atoms with E-state index in [0.717, 1.165) is 25.9 Å². The van der Waals surface area contributed by atoms with Gasteiger partial charge in [0.1, 0.15) is 0 Å². The highest BCUT2D eigenvalue weighted by atomic mass is 32.1. The summed E-state index contributed by atoms with van der Waals surface area (Å²) in [6.45, 7) is 2.25. The van der Waals surface area contributed by atoms with Crippen molar-refractivity contribution in [1.29, 1.82) is 0 Å². The summed E-state index contributed by atoms with van der Waals surface area (Å²) in [4.78, 5) is 15.5. The molecule has 2 amide bonds. The highest BCUT2D eigenvalue weighted by Crippen LogP contribution is 2.25. The first-order chi connectivity index (χ1) is 13.2. The Morgan fingerprint density at radius 2 is 1.96 bits per heavy atom. The summed E-state index contributed by atoms with van der Waals surface area (Å²) < 4.78 is 1.31. The Balaban J connectivity index is 1.25. The third kappa shape index (κ3) is 4.31. The van der Waals surface area contributed by atoms with Crippen molar-refractivity contribution in [2.24, 2.45) is 0 Å². The first-order valence-electron chi connectivity index (χ1n) is 9.45. The van der Waals surface area contributed by atoms with Crippen LogP contribution in [0.1, 0.15) is 16.0 Å². The summed E-state index contributed by atoms with van der Waals surface area (Å²) >= 11 is 1.81. The zero-order valence-corrected chi connectivity index (χ0v) is 16.4. The first kappa shape index (κ1) is 18.0. The van der Waals surface area contributed by atoms with Gasteiger partial charge in [-0.25, -0.2) is 4.79 Å². The predicted molar refractivity (Wildman–Crippen MR) is 112 cm³/mol. The molecule has 2 heterocycles. The lowest BCUT2D eigenvalue weighted by molar-refractivity contribution is 0.208. The molecule has 5 heteroatoms. The molecule has 2 N–H and O–H groups in total. The maximum atomic E-state index is 12.4. The normalized spacial score (nSPS) is 16.1. The van der Waals surface area contributed by atoms with Gasteiger partial charge in [0.05, 0.1) is 0 Å². The van der Waals surface area contributed by atoms with Gasteiger partial charge < -0.3 is 15.5 Å². The Morgan fingerprint density at radius 1 is 1.19 bits per heavy atom. The van der Waals surface area contributed by atoms with Crippen molar-refractivity contribution in [1.82, 2.24) is 15.5 Å². The van der Waals surface area contributed by atoms with E-state index in [1.165, 1.54) is 26.1 Å². The molecule has 0 unspecified atom stereocenters. The van der Waals surface area contributed by atoms with Crippen LogP contribution in [0.4, 0.5) is 4.79 Å². The van der Waals surface area contributed by atoms with E-state index in [1.807, 2.05) is 18.4 Å².